The summed E-state index contributed by atoms with van der Waals surface area (Å²) in [7, 11) is 1.43. The minimum atomic E-state index is -2.98. The second-order valence-electron chi connectivity index (χ2n) is 4.29. The normalized spacial score (nSPS) is 18.4. The molecule has 8 heteroatoms. The van der Waals surface area contributed by atoms with Crippen molar-refractivity contribution in [3.05, 3.63) is 18.2 Å². The van der Waals surface area contributed by atoms with Crippen LogP contribution < -0.4 is 20.1 Å². The molecule has 1 fully saturated rings. The number of morpholine rings is 1. The van der Waals surface area contributed by atoms with E-state index >= 15 is 0 Å². The van der Waals surface area contributed by atoms with Crippen molar-refractivity contribution in [1.82, 2.24) is 5.32 Å². The maximum atomic E-state index is 12.4. The molecule has 21 heavy (non-hydrogen) atoms. The molecule has 116 valence electrons. The topological polar surface area (TPSA) is 68.8 Å². The molecule has 0 bridgehead atoms. The van der Waals surface area contributed by atoms with Crippen LogP contribution in [0.2, 0.25) is 0 Å². The Balaban J connectivity index is 2.13. The number of halogens is 2. The van der Waals surface area contributed by atoms with Gasteiger partial charge in [-0.2, -0.15) is 8.78 Å². The number of carbonyl (C=O) groups excluding carboxylic acids is 1. The van der Waals surface area contributed by atoms with Gasteiger partial charge < -0.3 is 24.8 Å². The summed E-state index contributed by atoms with van der Waals surface area (Å²) in [6.07, 6.45) is -0.677. The molecule has 6 nitrogen and oxygen atoms in total. The Morgan fingerprint density at radius 1 is 1.52 bits per heavy atom. The van der Waals surface area contributed by atoms with Gasteiger partial charge in [-0.1, -0.05) is 0 Å². The molecule has 1 atom stereocenters. The molecule has 2 rings (SSSR count). The van der Waals surface area contributed by atoms with Gasteiger partial charge in [0.05, 0.1) is 19.4 Å². The minimum Gasteiger partial charge on any atom is -0.497 e. The van der Waals surface area contributed by atoms with Gasteiger partial charge in [-0.3, -0.25) is 4.79 Å². The Labute approximate surface area is 120 Å². The first-order valence-corrected chi connectivity index (χ1v) is 6.36. The summed E-state index contributed by atoms with van der Waals surface area (Å²) >= 11 is 0. The lowest BCUT2D eigenvalue weighted by Gasteiger charge is -2.23. The molecule has 0 spiro atoms. The third-order valence-corrected chi connectivity index (χ3v) is 2.88. The first kappa shape index (κ1) is 15.5. The first-order chi connectivity index (χ1) is 10.1. The molecule has 0 radical (unpaired) electrons. The SMILES string of the molecule is COc1ccc(OC(F)F)c(NC(=O)C2CNCCO2)c1. The number of ether oxygens (including phenoxy) is 3. The summed E-state index contributed by atoms with van der Waals surface area (Å²) < 4.78 is 39.4. The van der Waals surface area contributed by atoms with Crippen LogP contribution in [0.1, 0.15) is 0 Å². The lowest BCUT2D eigenvalue weighted by atomic mass is 10.2. The highest BCUT2D eigenvalue weighted by Gasteiger charge is 2.23. The number of alkyl halides is 2. The molecular formula is C13H16F2N2O4. The smallest absolute Gasteiger partial charge is 0.387 e. The molecular weight excluding hydrogens is 286 g/mol. The second-order valence-corrected chi connectivity index (χ2v) is 4.29. The highest BCUT2D eigenvalue weighted by atomic mass is 19.3. The van der Waals surface area contributed by atoms with E-state index in [1.807, 2.05) is 0 Å². The highest BCUT2D eigenvalue weighted by molar-refractivity contribution is 5.96. The van der Waals surface area contributed by atoms with Crippen molar-refractivity contribution >= 4 is 11.6 Å². The number of carbonyl (C=O) groups is 1. The van der Waals surface area contributed by atoms with Gasteiger partial charge in [-0.25, -0.2) is 0 Å². The van der Waals surface area contributed by atoms with Gasteiger partial charge in [0.25, 0.3) is 5.91 Å². The number of anilines is 1. The molecule has 1 aliphatic heterocycles. The van der Waals surface area contributed by atoms with Crippen molar-refractivity contribution in [1.29, 1.82) is 0 Å². The van der Waals surface area contributed by atoms with E-state index in [0.29, 0.717) is 25.4 Å². The fraction of sp³-hybridized carbons (Fsp3) is 0.462. The van der Waals surface area contributed by atoms with Gasteiger partial charge in [0.15, 0.2) is 0 Å². The van der Waals surface area contributed by atoms with E-state index in [1.165, 1.54) is 25.3 Å². The zero-order valence-corrected chi connectivity index (χ0v) is 11.4. The van der Waals surface area contributed by atoms with Crippen LogP contribution in [-0.2, 0) is 9.53 Å². The predicted octanol–water partition coefficient (Wildman–Crippen LogP) is 1.22. The fourth-order valence-corrected chi connectivity index (χ4v) is 1.88. The van der Waals surface area contributed by atoms with Crippen molar-refractivity contribution < 1.29 is 27.8 Å². The highest BCUT2D eigenvalue weighted by Crippen LogP contribution is 2.30. The molecule has 1 unspecified atom stereocenters. The minimum absolute atomic E-state index is 0.105. The zero-order chi connectivity index (χ0) is 15.2. The maximum absolute atomic E-state index is 12.4. The van der Waals surface area contributed by atoms with Gasteiger partial charge in [0.1, 0.15) is 17.6 Å². The Kier molecular flexibility index (Phi) is 5.29. The molecule has 1 aromatic carbocycles. The van der Waals surface area contributed by atoms with E-state index in [0.717, 1.165) is 0 Å². The van der Waals surface area contributed by atoms with Gasteiger partial charge in [-0.15, -0.1) is 0 Å². The van der Waals surface area contributed by atoms with Crippen molar-refractivity contribution in [3.8, 4) is 11.5 Å². The van der Waals surface area contributed by atoms with Crippen molar-refractivity contribution in [2.24, 2.45) is 0 Å². The van der Waals surface area contributed by atoms with Gasteiger partial charge in [0, 0.05) is 19.2 Å². The van der Waals surface area contributed by atoms with Gasteiger partial charge >= 0.3 is 6.61 Å². The molecule has 2 N–H and O–H groups in total. The molecule has 1 saturated heterocycles. The van der Waals surface area contributed by atoms with E-state index in [4.69, 9.17) is 9.47 Å². The third kappa shape index (κ3) is 4.27. The largest absolute Gasteiger partial charge is 0.497 e. The Hall–Kier alpha value is -1.93. The first-order valence-electron chi connectivity index (χ1n) is 6.36. The fourth-order valence-electron chi connectivity index (χ4n) is 1.88. The van der Waals surface area contributed by atoms with E-state index in [-0.39, 0.29) is 11.4 Å². The van der Waals surface area contributed by atoms with Crippen molar-refractivity contribution in [3.63, 3.8) is 0 Å². The number of benzene rings is 1. The zero-order valence-electron chi connectivity index (χ0n) is 11.4. The summed E-state index contributed by atoms with van der Waals surface area (Å²) in [6.45, 7) is -1.54. The summed E-state index contributed by atoms with van der Waals surface area (Å²) in [4.78, 5) is 12.0. The van der Waals surface area contributed by atoms with E-state index in [1.54, 1.807) is 0 Å². The van der Waals surface area contributed by atoms with Gasteiger partial charge in [-0.05, 0) is 12.1 Å². The molecule has 1 aliphatic rings. The average Bonchev–Trinajstić information content (AvgIpc) is 2.49. The summed E-state index contributed by atoms with van der Waals surface area (Å²) in [5, 5.41) is 5.53. The van der Waals surface area contributed by atoms with E-state index in [2.05, 4.69) is 15.4 Å². The summed E-state index contributed by atoms with van der Waals surface area (Å²) in [6, 6.07) is 4.18. The third-order valence-electron chi connectivity index (χ3n) is 2.88. The predicted molar refractivity (Wildman–Crippen MR) is 70.9 cm³/mol. The Morgan fingerprint density at radius 3 is 2.95 bits per heavy atom. The Morgan fingerprint density at radius 2 is 2.33 bits per heavy atom. The number of hydrogen-bond acceptors (Lipinski definition) is 5. The molecule has 1 aromatic rings. The number of hydrogen-bond donors (Lipinski definition) is 2. The van der Waals surface area contributed by atoms with Gasteiger partial charge in [0.2, 0.25) is 0 Å². The molecule has 0 saturated carbocycles. The van der Waals surface area contributed by atoms with Crippen LogP contribution >= 0.6 is 0 Å². The van der Waals surface area contributed by atoms with Crippen LogP contribution in [-0.4, -0.2) is 45.4 Å². The standard InChI is InChI=1S/C13H16F2N2O4/c1-19-8-2-3-10(21-13(14)15)9(6-8)17-12(18)11-7-16-4-5-20-11/h2-3,6,11,13,16H,4-5,7H2,1H3,(H,17,18). The van der Waals surface area contributed by atoms with Crippen molar-refractivity contribution in [2.75, 3.05) is 32.1 Å². The van der Waals surface area contributed by atoms with Crippen molar-refractivity contribution in [2.45, 2.75) is 12.7 Å². The molecule has 1 heterocycles. The van der Waals surface area contributed by atoms with Crippen LogP contribution in [0.4, 0.5) is 14.5 Å². The van der Waals surface area contributed by atoms with E-state index in [9.17, 15) is 13.6 Å². The molecule has 1 amide bonds. The summed E-state index contributed by atoms with van der Waals surface area (Å²) in [5.41, 5.74) is 0.105. The number of methoxy groups -OCH3 is 1. The number of rotatable bonds is 5. The number of nitrogens with one attached hydrogen (secondary N) is 2. The van der Waals surface area contributed by atoms with Crippen LogP contribution in [0.25, 0.3) is 0 Å². The van der Waals surface area contributed by atoms with Crippen LogP contribution in [0.5, 0.6) is 11.5 Å². The molecule has 0 aliphatic carbocycles. The maximum Gasteiger partial charge on any atom is 0.387 e. The second kappa shape index (κ2) is 7.19. The summed E-state index contributed by atoms with van der Waals surface area (Å²) in [5.74, 6) is -0.160. The van der Waals surface area contributed by atoms with Crippen LogP contribution in [0, 0.1) is 0 Å². The lowest BCUT2D eigenvalue weighted by Crippen LogP contribution is -2.45. The van der Waals surface area contributed by atoms with Crippen LogP contribution in [0.3, 0.4) is 0 Å². The lowest BCUT2D eigenvalue weighted by molar-refractivity contribution is -0.128. The Bertz CT molecular complexity index is 493. The van der Waals surface area contributed by atoms with Crippen LogP contribution in [0.15, 0.2) is 18.2 Å². The number of amides is 1. The molecule has 0 aromatic heterocycles. The van der Waals surface area contributed by atoms with E-state index < -0.39 is 18.6 Å². The average molecular weight is 302 g/mol. The monoisotopic (exact) mass is 302 g/mol. The quantitative estimate of drug-likeness (QED) is 0.856.